The Morgan fingerprint density at radius 1 is 1.25 bits per heavy atom. The lowest BCUT2D eigenvalue weighted by Crippen LogP contribution is -2.43. The van der Waals surface area contributed by atoms with E-state index in [-0.39, 0.29) is 17.0 Å². The van der Waals surface area contributed by atoms with Crippen LogP contribution >= 0.6 is 0 Å². The Hall–Kier alpha value is -1.35. The van der Waals surface area contributed by atoms with Crippen molar-refractivity contribution >= 4 is 10.0 Å². The molecule has 0 radical (unpaired) electrons. The van der Waals surface area contributed by atoms with Crippen LogP contribution in [0.5, 0.6) is 0 Å². The third kappa shape index (κ3) is 3.60. The zero-order valence-corrected chi connectivity index (χ0v) is 12.3. The van der Waals surface area contributed by atoms with Crippen molar-refractivity contribution in [3.63, 3.8) is 0 Å². The summed E-state index contributed by atoms with van der Waals surface area (Å²) in [5.74, 6) is 5.27. The molecule has 0 spiro atoms. The van der Waals surface area contributed by atoms with Crippen LogP contribution in [0.25, 0.3) is 0 Å². The van der Waals surface area contributed by atoms with Gasteiger partial charge in [-0.1, -0.05) is 24.7 Å². The van der Waals surface area contributed by atoms with Gasteiger partial charge in [-0.3, -0.25) is 0 Å². The molecule has 0 saturated heterocycles. The Labute approximate surface area is 120 Å². The van der Waals surface area contributed by atoms with Crippen molar-refractivity contribution in [3.8, 4) is 11.8 Å². The van der Waals surface area contributed by atoms with Crippen molar-refractivity contribution in [3.05, 3.63) is 29.8 Å². The van der Waals surface area contributed by atoms with Gasteiger partial charge in [-0.15, -0.1) is 0 Å². The molecule has 2 N–H and O–H groups in total. The molecule has 1 aliphatic rings. The molecular weight excluding hydrogens is 274 g/mol. The maximum absolute atomic E-state index is 12.3. The highest BCUT2D eigenvalue weighted by atomic mass is 32.2. The van der Waals surface area contributed by atoms with Crippen LogP contribution in [-0.2, 0) is 10.0 Å². The summed E-state index contributed by atoms with van der Waals surface area (Å²) in [6.45, 7) is 1.75. The van der Waals surface area contributed by atoms with Gasteiger partial charge in [0, 0.05) is 11.1 Å². The molecule has 0 amide bonds. The predicted octanol–water partition coefficient (Wildman–Crippen LogP) is 1.64. The number of aliphatic hydroxyl groups excluding tert-OH is 1. The van der Waals surface area contributed by atoms with Crippen molar-refractivity contribution in [2.24, 2.45) is 0 Å². The third-order valence-corrected chi connectivity index (χ3v) is 5.22. The topological polar surface area (TPSA) is 66.4 Å². The lowest BCUT2D eigenvalue weighted by atomic mass is 10.0. The fraction of sp³-hybridized carbons (Fsp3) is 0.467. The highest BCUT2D eigenvalue weighted by Crippen LogP contribution is 2.30. The maximum Gasteiger partial charge on any atom is 0.241 e. The number of sulfonamides is 1. The molecule has 1 saturated carbocycles. The van der Waals surface area contributed by atoms with E-state index in [0.29, 0.717) is 5.56 Å². The first-order chi connectivity index (χ1) is 9.45. The number of rotatable bonds is 3. The molecule has 4 nitrogen and oxygen atoms in total. The summed E-state index contributed by atoms with van der Waals surface area (Å²) in [4.78, 5) is 0.250. The van der Waals surface area contributed by atoms with Crippen LogP contribution in [0.3, 0.4) is 0 Å². The molecule has 2 rings (SSSR count). The second-order valence-corrected chi connectivity index (χ2v) is 7.04. The van der Waals surface area contributed by atoms with Crippen LogP contribution < -0.4 is 4.72 Å². The van der Waals surface area contributed by atoms with Gasteiger partial charge in [-0.25, -0.2) is 13.1 Å². The molecule has 1 aromatic carbocycles. The maximum atomic E-state index is 12.3. The van der Waals surface area contributed by atoms with E-state index in [1.807, 2.05) is 6.92 Å². The molecule has 0 aromatic heterocycles. The molecule has 0 heterocycles. The van der Waals surface area contributed by atoms with E-state index in [4.69, 9.17) is 5.11 Å². The second-order valence-electron chi connectivity index (χ2n) is 5.36. The zero-order chi connectivity index (χ0) is 14.6. The van der Waals surface area contributed by atoms with Gasteiger partial charge >= 0.3 is 0 Å². The molecule has 0 bridgehead atoms. The van der Waals surface area contributed by atoms with E-state index in [1.165, 1.54) is 0 Å². The largest absolute Gasteiger partial charge is 0.384 e. The van der Waals surface area contributed by atoms with Crippen molar-refractivity contribution in [2.45, 2.75) is 43.0 Å². The molecule has 20 heavy (non-hydrogen) atoms. The average molecular weight is 293 g/mol. The Balaban J connectivity index is 2.17. The number of hydrogen-bond acceptors (Lipinski definition) is 3. The fourth-order valence-corrected chi connectivity index (χ4v) is 3.96. The molecule has 0 aliphatic heterocycles. The van der Waals surface area contributed by atoms with E-state index in [1.54, 1.807) is 24.3 Å². The molecule has 0 atom stereocenters. The molecular formula is C15H19NO3S. The van der Waals surface area contributed by atoms with Crippen molar-refractivity contribution in [1.29, 1.82) is 0 Å². The van der Waals surface area contributed by atoms with E-state index in [0.717, 1.165) is 25.7 Å². The lowest BCUT2D eigenvalue weighted by molar-refractivity contribution is 0.350. The van der Waals surface area contributed by atoms with E-state index < -0.39 is 10.0 Å². The smallest absolute Gasteiger partial charge is 0.241 e. The van der Waals surface area contributed by atoms with Gasteiger partial charge in [0.2, 0.25) is 10.0 Å². The summed E-state index contributed by atoms with van der Waals surface area (Å²) < 4.78 is 27.5. The van der Waals surface area contributed by atoms with Crippen LogP contribution in [-0.4, -0.2) is 25.7 Å². The fourth-order valence-electron chi connectivity index (χ4n) is 2.50. The van der Waals surface area contributed by atoms with E-state index >= 15 is 0 Å². The zero-order valence-electron chi connectivity index (χ0n) is 11.5. The van der Waals surface area contributed by atoms with E-state index in [2.05, 4.69) is 16.6 Å². The van der Waals surface area contributed by atoms with Gasteiger partial charge in [0.05, 0.1) is 4.90 Å². The minimum Gasteiger partial charge on any atom is -0.384 e. The predicted molar refractivity (Wildman–Crippen MR) is 77.6 cm³/mol. The highest BCUT2D eigenvalue weighted by molar-refractivity contribution is 7.89. The Morgan fingerprint density at radius 3 is 2.40 bits per heavy atom. The minimum absolute atomic E-state index is 0.208. The molecule has 0 unspecified atom stereocenters. The second kappa shape index (κ2) is 5.96. The molecule has 1 aliphatic carbocycles. The van der Waals surface area contributed by atoms with Gasteiger partial charge < -0.3 is 5.11 Å². The van der Waals surface area contributed by atoms with Crippen LogP contribution in [0, 0.1) is 11.8 Å². The van der Waals surface area contributed by atoms with Crippen LogP contribution in [0.4, 0.5) is 0 Å². The Kier molecular flexibility index (Phi) is 4.48. The van der Waals surface area contributed by atoms with Crippen molar-refractivity contribution < 1.29 is 13.5 Å². The van der Waals surface area contributed by atoms with Crippen molar-refractivity contribution in [1.82, 2.24) is 4.72 Å². The number of hydrogen-bond donors (Lipinski definition) is 2. The van der Waals surface area contributed by atoms with Crippen LogP contribution in [0.15, 0.2) is 29.2 Å². The third-order valence-electron chi connectivity index (χ3n) is 3.56. The molecule has 1 fully saturated rings. The quantitative estimate of drug-likeness (QED) is 0.833. The Morgan fingerprint density at radius 2 is 1.85 bits per heavy atom. The highest BCUT2D eigenvalue weighted by Gasteiger charge is 2.33. The number of benzene rings is 1. The minimum atomic E-state index is -3.49. The summed E-state index contributed by atoms with van der Waals surface area (Å²) in [6, 6.07) is 6.38. The van der Waals surface area contributed by atoms with Gasteiger partial charge in [0.1, 0.15) is 6.61 Å². The summed E-state index contributed by atoms with van der Waals surface area (Å²) in [5, 5.41) is 8.62. The average Bonchev–Trinajstić information content (AvgIpc) is 2.82. The SMILES string of the molecule is CC1(NS(=O)(=O)c2ccc(C#CCO)cc2)CCCC1. The van der Waals surface area contributed by atoms with Crippen LogP contribution in [0.1, 0.15) is 38.2 Å². The molecule has 1 aromatic rings. The summed E-state index contributed by atoms with van der Waals surface area (Å²) in [6.07, 6.45) is 3.89. The van der Waals surface area contributed by atoms with Gasteiger partial charge in [-0.2, -0.15) is 0 Å². The van der Waals surface area contributed by atoms with Crippen LogP contribution in [0.2, 0.25) is 0 Å². The first-order valence-corrected chi connectivity index (χ1v) is 8.17. The normalized spacial score (nSPS) is 17.5. The first kappa shape index (κ1) is 15.0. The van der Waals surface area contributed by atoms with Gasteiger partial charge in [0.25, 0.3) is 0 Å². The summed E-state index contributed by atoms with van der Waals surface area (Å²) in [7, 11) is -3.49. The summed E-state index contributed by atoms with van der Waals surface area (Å²) in [5.41, 5.74) is 0.360. The lowest BCUT2D eigenvalue weighted by Gasteiger charge is -2.24. The first-order valence-electron chi connectivity index (χ1n) is 6.69. The standard InChI is InChI=1S/C15H19NO3S/c1-15(10-2-3-11-15)16-20(18,19)14-8-6-13(7-9-14)5-4-12-17/h6-9,16-17H,2-3,10-12H2,1H3. The molecule has 5 heteroatoms. The van der Waals surface area contributed by atoms with Crippen molar-refractivity contribution in [2.75, 3.05) is 6.61 Å². The number of aliphatic hydroxyl groups is 1. The monoisotopic (exact) mass is 293 g/mol. The van der Waals surface area contributed by atoms with E-state index in [9.17, 15) is 8.42 Å². The Bertz CT molecular complexity index is 617. The number of nitrogens with one attached hydrogen (secondary N) is 1. The molecule has 108 valence electrons. The van der Waals surface area contributed by atoms with Gasteiger partial charge in [0.15, 0.2) is 0 Å². The summed E-state index contributed by atoms with van der Waals surface area (Å²) >= 11 is 0. The van der Waals surface area contributed by atoms with Gasteiger partial charge in [-0.05, 0) is 44.0 Å².